The van der Waals surface area contributed by atoms with Crippen LogP contribution in [0.1, 0.15) is 41.6 Å². The molecule has 0 saturated heterocycles. The molecule has 1 aliphatic carbocycles. The first kappa shape index (κ1) is 14.8. The number of carbonyl (C=O) groups is 1. The predicted molar refractivity (Wildman–Crippen MR) is 74.1 cm³/mol. The summed E-state index contributed by atoms with van der Waals surface area (Å²) in [6.07, 6.45) is 5.04. The second kappa shape index (κ2) is 5.44. The van der Waals surface area contributed by atoms with Gasteiger partial charge in [0.1, 0.15) is 10.6 Å². The van der Waals surface area contributed by atoms with Crippen LogP contribution in [0.4, 0.5) is 0 Å². The fourth-order valence-corrected chi connectivity index (χ4v) is 3.26. The van der Waals surface area contributed by atoms with Gasteiger partial charge in [0.15, 0.2) is 9.84 Å². The van der Waals surface area contributed by atoms with Crippen LogP contribution >= 0.6 is 0 Å². The van der Waals surface area contributed by atoms with Gasteiger partial charge in [-0.25, -0.2) is 13.2 Å². The zero-order chi connectivity index (χ0) is 14.9. The molecule has 5 nitrogen and oxygen atoms in total. The van der Waals surface area contributed by atoms with Crippen molar-refractivity contribution in [3.63, 3.8) is 0 Å². The molecule has 1 aromatic rings. The Morgan fingerprint density at radius 3 is 2.40 bits per heavy atom. The lowest BCUT2D eigenvalue weighted by atomic mass is 10.1. The van der Waals surface area contributed by atoms with Crippen LogP contribution in [-0.2, 0) is 9.84 Å². The summed E-state index contributed by atoms with van der Waals surface area (Å²) in [7, 11) is -3.54. The SMILES string of the molecule is Cc1cc(OC2CCCC2)c(S(C)(=O)=O)cc1C(=O)O. The number of carboxylic acids is 1. The van der Waals surface area contributed by atoms with E-state index in [4.69, 9.17) is 9.84 Å². The Labute approximate surface area is 118 Å². The third kappa shape index (κ3) is 3.12. The Morgan fingerprint density at radius 1 is 1.30 bits per heavy atom. The lowest BCUT2D eigenvalue weighted by molar-refractivity contribution is 0.0695. The van der Waals surface area contributed by atoms with Crippen LogP contribution in [0.15, 0.2) is 17.0 Å². The highest BCUT2D eigenvalue weighted by molar-refractivity contribution is 7.90. The maximum atomic E-state index is 11.8. The van der Waals surface area contributed by atoms with Crippen molar-refractivity contribution < 1.29 is 23.1 Å². The van der Waals surface area contributed by atoms with Crippen LogP contribution in [0, 0.1) is 6.92 Å². The summed E-state index contributed by atoms with van der Waals surface area (Å²) in [6, 6.07) is 2.70. The monoisotopic (exact) mass is 298 g/mol. The smallest absolute Gasteiger partial charge is 0.335 e. The second-order valence-corrected chi connectivity index (χ2v) is 7.20. The van der Waals surface area contributed by atoms with Crippen LogP contribution < -0.4 is 4.74 Å². The molecule has 2 rings (SSSR count). The first-order valence-electron chi connectivity index (χ1n) is 6.53. The molecule has 1 N–H and O–H groups in total. The summed E-state index contributed by atoms with van der Waals surface area (Å²) in [6.45, 7) is 1.64. The van der Waals surface area contributed by atoms with Crippen LogP contribution in [0.3, 0.4) is 0 Å². The lowest BCUT2D eigenvalue weighted by Gasteiger charge is -2.17. The van der Waals surface area contributed by atoms with Crippen molar-refractivity contribution in [2.45, 2.75) is 43.6 Å². The number of rotatable bonds is 4. The minimum atomic E-state index is -3.54. The van der Waals surface area contributed by atoms with E-state index in [2.05, 4.69) is 0 Å². The Morgan fingerprint density at radius 2 is 1.90 bits per heavy atom. The molecule has 0 heterocycles. The summed E-state index contributed by atoms with van der Waals surface area (Å²) in [5.41, 5.74) is 0.488. The van der Waals surface area contributed by atoms with E-state index in [1.54, 1.807) is 6.92 Å². The largest absolute Gasteiger partial charge is 0.489 e. The predicted octanol–water partition coefficient (Wildman–Crippen LogP) is 2.42. The number of aryl methyl sites for hydroxylation is 1. The number of ether oxygens (including phenoxy) is 1. The van der Waals surface area contributed by atoms with E-state index >= 15 is 0 Å². The number of carboxylic acid groups (broad SMARTS) is 1. The Bertz CT molecular complexity index is 627. The highest BCUT2D eigenvalue weighted by atomic mass is 32.2. The lowest BCUT2D eigenvalue weighted by Crippen LogP contribution is -2.14. The van der Waals surface area contributed by atoms with E-state index in [0.717, 1.165) is 31.9 Å². The van der Waals surface area contributed by atoms with Crippen molar-refractivity contribution >= 4 is 15.8 Å². The van der Waals surface area contributed by atoms with Gasteiger partial charge in [0.2, 0.25) is 0 Å². The molecule has 0 unspecified atom stereocenters. The van der Waals surface area contributed by atoms with Crippen molar-refractivity contribution in [3.05, 3.63) is 23.3 Å². The standard InChI is InChI=1S/C14H18O5S/c1-9-7-12(19-10-5-3-4-6-10)13(20(2,17)18)8-11(9)14(15)16/h7-8,10H,3-6H2,1-2H3,(H,15,16). The first-order valence-corrected chi connectivity index (χ1v) is 8.43. The average Bonchev–Trinajstić information content (AvgIpc) is 2.79. The second-order valence-electron chi connectivity index (χ2n) is 5.22. The van der Waals surface area contributed by atoms with Gasteiger partial charge in [-0.15, -0.1) is 0 Å². The molecule has 110 valence electrons. The van der Waals surface area contributed by atoms with E-state index in [1.807, 2.05) is 0 Å². The summed E-state index contributed by atoms with van der Waals surface area (Å²) >= 11 is 0. The number of sulfone groups is 1. The highest BCUT2D eigenvalue weighted by Gasteiger charge is 2.23. The molecule has 20 heavy (non-hydrogen) atoms. The van der Waals surface area contributed by atoms with Gasteiger partial charge in [-0.1, -0.05) is 0 Å². The van der Waals surface area contributed by atoms with Gasteiger partial charge in [-0.05, 0) is 50.3 Å². The van der Waals surface area contributed by atoms with Crippen molar-refractivity contribution in [2.24, 2.45) is 0 Å². The molecular formula is C14H18O5S. The molecule has 0 aromatic heterocycles. The molecule has 0 radical (unpaired) electrons. The fraction of sp³-hybridized carbons (Fsp3) is 0.500. The molecule has 0 amide bonds. The van der Waals surface area contributed by atoms with Crippen molar-refractivity contribution in [3.8, 4) is 5.75 Å². The van der Waals surface area contributed by atoms with Crippen LogP contribution in [0.25, 0.3) is 0 Å². The number of hydrogen-bond donors (Lipinski definition) is 1. The maximum absolute atomic E-state index is 11.8. The third-order valence-corrected chi connectivity index (χ3v) is 4.63. The van der Waals surface area contributed by atoms with Gasteiger partial charge in [0.05, 0.1) is 11.7 Å². The summed E-state index contributed by atoms with van der Waals surface area (Å²) in [5.74, 6) is -0.873. The van der Waals surface area contributed by atoms with Gasteiger partial charge in [-0.2, -0.15) is 0 Å². The minimum absolute atomic E-state index is 0.0100. The molecule has 1 aliphatic rings. The summed E-state index contributed by atoms with van der Waals surface area (Å²) in [5, 5.41) is 9.10. The quantitative estimate of drug-likeness (QED) is 0.923. The summed E-state index contributed by atoms with van der Waals surface area (Å²) in [4.78, 5) is 11.1. The van der Waals surface area contributed by atoms with Crippen LogP contribution in [-0.4, -0.2) is 31.9 Å². The molecule has 0 atom stereocenters. The molecule has 6 heteroatoms. The normalized spacial score (nSPS) is 16.3. The maximum Gasteiger partial charge on any atom is 0.335 e. The van der Waals surface area contributed by atoms with Crippen molar-refractivity contribution in [2.75, 3.05) is 6.26 Å². The van der Waals surface area contributed by atoms with E-state index in [1.165, 1.54) is 12.1 Å². The zero-order valence-corrected chi connectivity index (χ0v) is 12.4. The number of aromatic carboxylic acids is 1. The van der Waals surface area contributed by atoms with Crippen molar-refractivity contribution in [1.29, 1.82) is 0 Å². The van der Waals surface area contributed by atoms with Gasteiger partial charge in [0, 0.05) is 6.26 Å². The van der Waals surface area contributed by atoms with Gasteiger partial charge >= 0.3 is 5.97 Å². The molecule has 1 aromatic carbocycles. The molecule has 0 spiro atoms. The van der Waals surface area contributed by atoms with E-state index in [0.29, 0.717) is 5.56 Å². The summed E-state index contributed by atoms with van der Waals surface area (Å²) < 4.78 is 29.5. The molecule has 0 bridgehead atoms. The number of benzene rings is 1. The number of hydrogen-bond acceptors (Lipinski definition) is 4. The zero-order valence-electron chi connectivity index (χ0n) is 11.5. The van der Waals surface area contributed by atoms with Crippen molar-refractivity contribution in [1.82, 2.24) is 0 Å². The third-order valence-electron chi connectivity index (χ3n) is 3.52. The Hall–Kier alpha value is -1.56. The first-order chi connectivity index (χ1) is 9.29. The van der Waals surface area contributed by atoms with Crippen LogP contribution in [0.5, 0.6) is 5.75 Å². The molecule has 0 aliphatic heterocycles. The van der Waals surface area contributed by atoms with Gasteiger partial charge < -0.3 is 9.84 Å². The highest BCUT2D eigenvalue weighted by Crippen LogP contribution is 2.31. The van der Waals surface area contributed by atoms with Gasteiger partial charge in [-0.3, -0.25) is 0 Å². The topological polar surface area (TPSA) is 80.7 Å². The molecule has 1 saturated carbocycles. The fourth-order valence-electron chi connectivity index (χ4n) is 2.46. The van der Waals surface area contributed by atoms with E-state index < -0.39 is 15.8 Å². The minimum Gasteiger partial charge on any atom is -0.489 e. The van der Waals surface area contributed by atoms with E-state index in [9.17, 15) is 13.2 Å². The average molecular weight is 298 g/mol. The van der Waals surface area contributed by atoms with Gasteiger partial charge in [0.25, 0.3) is 0 Å². The molecular weight excluding hydrogens is 280 g/mol. The molecule has 1 fully saturated rings. The van der Waals surface area contributed by atoms with E-state index in [-0.39, 0.29) is 22.3 Å². The Balaban J connectivity index is 2.48. The van der Waals surface area contributed by atoms with Crippen LogP contribution in [0.2, 0.25) is 0 Å². The Kier molecular flexibility index (Phi) is 4.04.